The molecule has 0 aromatic heterocycles. The van der Waals surface area contributed by atoms with E-state index in [4.69, 9.17) is 0 Å². The molecule has 0 aromatic carbocycles. The maximum atomic E-state index is 11.8. The Labute approximate surface area is 94.0 Å². The number of carbonyl (C=O) groups excluding carboxylic acids is 1. The van der Waals surface area contributed by atoms with Gasteiger partial charge in [0, 0.05) is 13.1 Å². The SMILES string of the molecule is CCC(C)(C(C)=O)N1CC(C)CC(C)C1. The third-order valence-corrected chi connectivity index (χ3v) is 4.01. The van der Waals surface area contributed by atoms with Crippen LogP contribution in [0.25, 0.3) is 0 Å². The van der Waals surface area contributed by atoms with E-state index in [0.717, 1.165) is 31.3 Å². The topological polar surface area (TPSA) is 20.3 Å². The lowest BCUT2D eigenvalue weighted by atomic mass is 9.84. The second-order valence-corrected chi connectivity index (χ2v) is 5.53. The van der Waals surface area contributed by atoms with Gasteiger partial charge in [-0.1, -0.05) is 20.8 Å². The standard InChI is InChI=1S/C13H25NO/c1-6-13(5,12(4)15)14-8-10(2)7-11(3)9-14/h10-11H,6-9H2,1-5H3. The Morgan fingerprint density at radius 3 is 2.13 bits per heavy atom. The van der Waals surface area contributed by atoms with E-state index >= 15 is 0 Å². The highest BCUT2D eigenvalue weighted by Gasteiger charge is 2.38. The number of nitrogens with zero attached hydrogens (tertiary/aromatic N) is 1. The fraction of sp³-hybridized carbons (Fsp3) is 0.923. The molecule has 2 heteroatoms. The molecule has 1 rings (SSSR count). The van der Waals surface area contributed by atoms with Crippen LogP contribution in [-0.2, 0) is 4.79 Å². The molecule has 0 amide bonds. The predicted octanol–water partition coefficient (Wildman–Crippen LogP) is 2.72. The van der Waals surface area contributed by atoms with Crippen LogP contribution in [-0.4, -0.2) is 29.3 Å². The summed E-state index contributed by atoms with van der Waals surface area (Å²) in [5.41, 5.74) is -0.233. The zero-order chi connectivity index (χ0) is 11.6. The summed E-state index contributed by atoms with van der Waals surface area (Å²) in [6, 6.07) is 0. The summed E-state index contributed by atoms with van der Waals surface area (Å²) in [5.74, 6) is 1.75. The zero-order valence-corrected chi connectivity index (χ0v) is 10.8. The maximum absolute atomic E-state index is 11.8. The van der Waals surface area contributed by atoms with Crippen molar-refractivity contribution in [3.63, 3.8) is 0 Å². The first-order chi connectivity index (χ1) is 6.90. The lowest BCUT2D eigenvalue weighted by Crippen LogP contribution is -2.56. The van der Waals surface area contributed by atoms with Crippen molar-refractivity contribution in [1.82, 2.24) is 4.90 Å². The van der Waals surface area contributed by atoms with Crippen molar-refractivity contribution in [2.75, 3.05) is 13.1 Å². The van der Waals surface area contributed by atoms with E-state index in [9.17, 15) is 4.79 Å². The highest BCUT2D eigenvalue weighted by molar-refractivity contribution is 5.85. The van der Waals surface area contributed by atoms with Crippen LogP contribution in [0.2, 0.25) is 0 Å². The molecule has 3 unspecified atom stereocenters. The summed E-state index contributed by atoms with van der Waals surface area (Å²) in [7, 11) is 0. The molecule has 1 fully saturated rings. The molecule has 2 nitrogen and oxygen atoms in total. The van der Waals surface area contributed by atoms with Gasteiger partial charge in [0.05, 0.1) is 5.54 Å². The first-order valence-corrected chi connectivity index (χ1v) is 6.16. The molecule has 0 aliphatic carbocycles. The van der Waals surface area contributed by atoms with Crippen LogP contribution in [0.3, 0.4) is 0 Å². The summed E-state index contributed by atoms with van der Waals surface area (Å²) in [6.07, 6.45) is 2.22. The second-order valence-electron chi connectivity index (χ2n) is 5.53. The molecule has 0 bridgehead atoms. The molecule has 1 saturated heterocycles. The van der Waals surface area contributed by atoms with Gasteiger partial charge in [-0.05, 0) is 38.5 Å². The van der Waals surface area contributed by atoms with E-state index in [1.54, 1.807) is 6.92 Å². The van der Waals surface area contributed by atoms with E-state index < -0.39 is 0 Å². The molecule has 15 heavy (non-hydrogen) atoms. The number of piperidine rings is 1. The monoisotopic (exact) mass is 211 g/mol. The van der Waals surface area contributed by atoms with Crippen molar-refractivity contribution in [3.8, 4) is 0 Å². The van der Waals surface area contributed by atoms with Gasteiger partial charge in [-0.15, -0.1) is 0 Å². The van der Waals surface area contributed by atoms with Crippen LogP contribution < -0.4 is 0 Å². The second kappa shape index (κ2) is 4.65. The van der Waals surface area contributed by atoms with Crippen LogP contribution >= 0.6 is 0 Å². The summed E-state index contributed by atoms with van der Waals surface area (Å²) < 4.78 is 0. The van der Waals surface area contributed by atoms with E-state index in [2.05, 4.69) is 32.6 Å². The molecule has 0 saturated carbocycles. The van der Waals surface area contributed by atoms with Crippen LogP contribution in [0.1, 0.15) is 47.5 Å². The Morgan fingerprint density at radius 1 is 1.33 bits per heavy atom. The average Bonchev–Trinajstić information content (AvgIpc) is 2.14. The Bertz CT molecular complexity index is 229. The third-order valence-electron chi connectivity index (χ3n) is 4.01. The van der Waals surface area contributed by atoms with Crippen molar-refractivity contribution in [2.45, 2.75) is 53.0 Å². The Morgan fingerprint density at radius 2 is 1.80 bits per heavy atom. The van der Waals surface area contributed by atoms with Gasteiger partial charge < -0.3 is 0 Å². The fourth-order valence-corrected chi connectivity index (χ4v) is 2.76. The van der Waals surface area contributed by atoms with Crippen molar-refractivity contribution in [3.05, 3.63) is 0 Å². The smallest absolute Gasteiger partial charge is 0.149 e. The molecular weight excluding hydrogens is 186 g/mol. The molecular formula is C13H25NO. The minimum absolute atomic E-state index is 0.233. The van der Waals surface area contributed by atoms with Crippen molar-refractivity contribution in [2.24, 2.45) is 11.8 Å². The van der Waals surface area contributed by atoms with E-state index in [-0.39, 0.29) is 5.54 Å². The highest BCUT2D eigenvalue weighted by Crippen LogP contribution is 2.29. The number of likely N-dealkylation sites (tertiary alicyclic amines) is 1. The van der Waals surface area contributed by atoms with Gasteiger partial charge >= 0.3 is 0 Å². The molecule has 0 aromatic rings. The first kappa shape index (κ1) is 12.7. The van der Waals surface area contributed by atoms with Gasteiger partial charge in [-0.2, -0.15) is 0 Å². The van der Waals surface area contributed by atoms with Gasteiger partial charge in [-0.25, -0.2) is 0 Å². The number of ketones is 1. The number of hydrogen-bond acceptors (Lipinski definition) is 2. The minimum atomic E-state index is -0.233. The molecule has 1 heterocycles. The summed E-state index contributed by atoms with van der Waals surface area (Å²) in [5, 5.41) is 0. The average molecular weight is 211 g/mol. The number of Topliss-reactive ketones (excluding diaryl/α,β-unsaturated/α-hetero) is 1. The molecule has 88 valence electrons. The molecule has 0 spiro atoms. The fourth-order valence-electron chi connectivity index (χ4n) is 2.76. The third kappa shape index (κ3) is 2.60. The van der Waals surface area contributed by atoms with E-state index in [1.165, 1.54) is 6.42 Å². The minimum Gasteiger partial charge on any atom is -0.298 e. The Hall–Kier alpha value is -0.370. The lowest BCUT2D eigenvalue weighted by Gasteiger charge is -2.45. The molecule has 1 aliphatic heterocycles. The van der Waals surface area contributed by atoms with Gasteiger partial charge in [0.1, 0.15) is 5.78 Å². The van der Waals surface area contributed by atoms with Gasteiger partial charge in [-0.3, -0.25) is 9.69 Å². The molecule has 1 aliphatic rings. The summed E-state index contributed by atoms with van der Waals surface area (Å²) in [6.45, 7) is 12.7. The largest absolute Gasteiger partial charge is 0.298 e. The van der Waals surface area contributed by atoms with Crippen molar-refractivity contribution < 1.29 is 4.79 Å². The van der Waals surface area contributed by atoms with Crippen LogP contribution in [0.4, 0.5) is 0 Å². The van der Waals surface area contributed by atoms with Gasteiger partial charge in [0.15, 0.2) is 0 Å². The first-order valence-electron chi connectivity index (χ1n) is 6.16. The predicted molar refractivity (Wildman–Crippen MR) is 63.9 cm³/mol. The van der Waals surface area contributed by atoms with Crippen molar-refractivity contribution >= 4 is 5.78 Å². The van der Waals surface area contributed by atoms with Crippen molar-refractivity contribution in [1.29, 1.82) is 0 Å². The van der Waals surface area contributed by atoms with E-state index in [1.807, 2.05) is 0 Å². The highest BCUT2D eigenvalue weighted by atomic mass is 16.1. The quantitative estimate of drug-likeness (QED) is 0.715. The van der Waals surface area contributed by atoms with E-state index in [0.29, 0.717) is 5.78 Å². The van der Waals surface area contributed by atoms with Crippen LogP contribution in [0.15, 0.2) is 0 Å². The normalized spacial score (nSPS) is 32.3. The van der Waals surface area contributed by atoms with Crippen LogP contribution in [0.5, 0.6) is 0 Å². The number of hydrogen-bond donors (Lipinski definition) is 0. The maximum Gasteiger partial charge on any atom is 0.149 e. The Kier molecular flexibility index (Phi) is 3.93. The molecule has 0 N–H and O–H groups in total. The Balaban J connectivity index is 2.80. The number of carbonyl (C=O) groups is 1. The van der Waals surface area contributed by atoms with Gasteiger partial charge in [0.25, 0.3) is 0 Å². The molecule has 3 atom stereocenters. The summed E-state index contributed by atoms with van der Waals surface area (Å²) >= 11 is 0. The van der Waals surface area contributed by atoms with Gasteiger partial charge in [0.2, 0.25) is 0 Å². The zero-order valence-electron chi connectivity index (χ0n) is 10.8. The summed E-state index contributed by atoms with van der Waals surface area (Å²) in [4.78, 5) is 14.2. The molecule has 0 radical (unpaired) electrons. The van der Waals surface area contributed by atoms with Crippen LogP contribution in [0, 0.1) is 11.8 Å². The lowest BCUT2D eigenvalue weighted by molar-refractivity contribution is -0.130. The number of rotatable bonds is 3.